The summed E-state index contributed by atoms with van der Waals surface area (Å²) < 4.78 is 26.3. The summed E-state index contributed by atoms with van der Waals surface area (Å²) in [6, 6.07) is 3.33. The van der Waals surface area contributed by atoms with Crippen molar-refractivity contribution < 1.29 is 22.8 Å². The quantitative estimate of drug-likeness (QED) is 0.0432. The van der Waals surface area contributed by atoms with Crippen LogP contribution in [0.3, 0.4) is 0 Å². The van der Waals surface area contributed by atoms with Gasteiger partial charge in [-0.25, -0.2) is 0 Å². The van der Waals surface area contributed by atoms with Crippen molar-refractivity contribution in [3.05, 3.63) is 23.5 Å². The van der Waals surface area contributed by atoms with Crippen LogP contribution in [-0.2, 0) is 22.8 Å². The molecule has 0 radical (unpaired) electrons. The fourth-order valence-corrected chi connectivity index (χ4v) is 13.1. The molecule has 0 bridgehead atoms. The van der Waals surface area contributed by atoms with E-state index in [9.17, 15) is 4.79 Å². The van der Waals surface area contributed by atoms with E-state index < -0.39 is 30.3 Å². The first kappa shape index (κ1) is 44.3. The lowest BCUT2D eigenvalue weighted by atomic mass is 9.89. The summed E-state index contributed by atoms with van der Waals surface area (Å²) in [5.74, 6) is 8.39. The molecule has 5 nitrogen and oxygen atoms in total. The molecule has 1 saturated carbocycles. The second-order valence-corrected chi connectivity index (χ2v) is 31.9. The molecule has 2 aliphatic carbocycles. The van der Waals surface area contributed by atoms with Crippen LogP contribution in [0.1, 0.15) is 119 Å². The molecule has 0 aliphatic heterocycles. The number of rotatable bonds is 19. The van der Waals surface area contributed by atoms with Crippen LogP contribution in [0.25, 0.3) is 0 Å². The van der Waals surface area contributed by atoms with Crippen LogP contribution in [0.5, 0.6) is 0 Å². The van der Waals surface area contributed by atoms with Gasteiger partial charge < -0.3 is 18.0 Å². The minimum absolute atomic E-state index is 0.0353. The molecule has 1 fully saturated rings. The number of hydrogen-bond donors (Lipinski definition) is 0. The fraction of sp³-hybridized carbons (Fsp3) is 0.825. The van der Waals surface area contributed by atoms with Gasteiger partial charge in [0, 0.05) is 25.2 Å². The SMILES string of the molecule is CC[Si](CC)(CC)OC1CC(O[Si](C)(C)C(C)(C)C)=C(CC#CC(Cl)CCC(=O)OC)C1/C=C/CC(C)(CCC1CCCC1)O[Si](C)(C)C. The van der Waals surface area contributed by atoms with Gasteiger partial charge in [-0.1, -0.05) is 91.2 Å². The van der Waals surface area contributed by atoms with Crippen molar-refractivity contribution in [3.8, 4) is 11.8 Å². The Morgan fingerprint density at radius 3 is 2.16 bits per heavy atom. The van der Waals surface area contributed by atoms with Gasteiger partial charge in [0.15, 0.2) is 16.6 Å². The lowest BCUT2D eigenvalue weighted by Gasteiger charge is -2.37. The van der Waals surface area contributed by atoms with E-state index in [1.54, 1.807) is 0 Å². The second-order valence-electron chi connectivity index (χ2n) is 17.5. The summed E-state index contributed by atoms with van der Waals surface area (Å²) in [5.41, 5.74) is 1.06. The maximum Gasteiger partial charge on any atom is 0.305 e. The maximum absolute atomic E-state index is 11.7. The number of alkyl halides is 1. The van der Waals surface area contributed by atoms with Crippen molar-refractivity contribution in [2.45, 2.75) is 192 Å². The zero-order valence-electron chi connectivity index (χ0n) is 33.8. The Kier molecular flexibility index (Phi) is 17.5. The third kappa shape index (κ3) is 14.3. The lowest BCUT2D eigenvalue weighted by molar-refractivity contribution is -0.140. The highest BCUT2D eigenvalue weighted by atomic mass is 35.5. The average Bonchev–Trinajstić information content (AvgIpc) is 3.64. The molecular formula is C40H73ClO5Si3. The number of carbonyl (C=O) groups is 1. The van der Waals surface area contributed by atoms with E-state index in [1.165, 1.54) is 44.8 Å². The first-order valence-electron chi connectivity index (χ1n) is 19.4. The number of esters is 1. The van der Waals surface area contributed by atoms with Crippen LogP contribution in [0.2, 0.25) is 55.9 Å². The van der Waals surface area contributed by atoms with Crippen LogP contribution in [0, 0.1) is 23.7 Å². The zero-order chi connectivity index (χ0) is 37.1. The number of carbonyl (C=O) groups excluding carboxylic acids is 1. The van der Waals surface area contributed by atoms with E-state index in [1.807, 2.05) is 0 Å². The van der Waals surface area contributed by atoms with Gasteiger partial charge in [-0.15, -0.1) is 11.6 Å². The first-order chi connectivity index (χ1) is 22.7. The molecule has 2 rings (SSSR count). The zero-order valence-corrected chi connectivity index (χ0v) is 37.5. The van der Waals surface area contributed by atoms with Crippen molar-refractivity contribution in [1.82, 2.24) is 0 Å². The molecule has 49 heavy (non-hydrogen) atoms. The molecule has 4 atom stereocenters. The number of hydrogen-bond acceptors (Lipinski definition) is 5. The molecule has 0 aromatic carbocycles. The van der Waals surface area contributed by atoms with Crippen LogP contribution >= 0.6 is 11.6 Å². The highest BCUT2D eigenvalue weighted by molar-refractivity contribution is 6.74. The molecule has 2 aliphatic rings. The van der Waals surface area contributed by atoms with Crippen molar-refractivity contribution in [1.29, 1.82) is 0 Å². The maximum atomic E-state index is 11.7. The highest BCUT2D eigenvalue weighted by Crippen LogP contribution is 2.46. The number of ether oxygens (including phenoxy) is 1. The molecule has 0 amide bonds. The second kappa shape index (κ2) is 19.3. The molecule has 0 heterocycles. The van der Waals surface area contributed by atoms with E-state index in [4.69, 9.17) is 29.6 Å². The molecule has 282 valence electrons. The minimum Gasteiger partial charge on any atom is -0.546 e. The topological polar surface area (TPSA) is 54.0 Å². The Labute approximate surface area is 310 Å². The Morgan fingerprint density at radius 2 is 1.63 bits per heavy atom. The third-order valence-electron chi connectivity index (χ3n) is 11.4. The van der Waals surface area contributed by atoms with E-state index >= 15 is 0 Å². The summed E-state index contributed by atoms with van der Waals surface area (Å²) in [5, 5.41) is -0.341. The van der Waals surface area contributed by atoms with Crippen molar-refractivity contribution in [2.75, 3.05) is 7.11 Å². The molecular weight excluding hydrogens is 680 g/mol. The largest absolute Gasteiger partial charge is 0.546 e. The normalized spacial score (nSPS) is 21.5. The highest BCUT2D eigenvalue weighted by Gasteiger charge is 2.45. The van der Waals surface area contributed by atoms with Crippen LogP contribution in [0.4, 0.5) is 0 Å². The monoisotopic (exact) mass is 752 g/mol. The van der Waals surface area contributed by atoms with Gasteiger partial charge in [-0.05, 0) is 100 Å². The summed E-state index contributed by atoms with van der Waals surface area (Å²) >= 11 is 6.58. The van der Waals surface area contributed by atoms with Gasteiger partial charge in [-0.2, -0.15) is 0 Å². The molecule has 0 aromatic rings. The van der Waals surface area contributed by atoms with Gasteiger partial charge in [0.25, 0.3) is 0 Å². The van der Waals surface area contributed by atoms with E-state index in [-0.39, 0.29) is 35.1 Å². The van der Waals surface area contributed by atoms with Gasteiger partial charge >= 0.3 is 5.97 Å². The summed E-state index contributed by atoms with van der Waals surface area (Å²) in [7, 11) is -4.39. The van der Waals surface area contributed by atoms with Crippen LogP contribution < -0.4 is 0 Å². The van der Waals surface area contributed by atoms with Gasteiger partial charge in [0.2, 0.25) is 8.32 Å². The molecule has 0 N–H and O–H groups in total. The van der Waals surface area contributed by atoms with Crippen molar-refractivity contribution in [3.63, 3.8) is 0 Å². The molecule has 4 unspecified atom stereocenters. The summed E-state index contributed by atoms with van der Waals surface area (Å²) in [6.45, 7) is 27.8. The molecule has 0 aromatic heterocycles. The Bertz CT molecular complexity index is 1160. The van der Waals surface area contributed by atoms with Crippen molar-refractivity contribution in [2.24, 2.45) is 11.8 Å². The van der Waals surface area contributed by atoms with E-state index in [2.05, 4.69) is 105 Å². The third-order valence-corrected chi connectivity index (χ3v) is 21.9. The fourth-order valence-electron chi connectivity index (χ4n) is 7.19. The summed E-state index contributed by atoms with van der Waals surface area (Å²) in [6.07, 6.45) is 15.7. The van der Waals surface area contributed by atoms with E-state index in [0.717, 1.165) is 49.1 Å². The smallest absolute Gasteiger partial charge is 0.305 e. The van der Waals surface area contributed by atoms with Gasteiger partial charge in [0.05, 0.1) is 30.0 Å². The predicted octanol–water partition coefficient (Wildman–Crippen LogP) is 12.2. The Balaban J connectivity index is 2.54. The standard InChI is InChI=1S/C40H73ClO5Si3/c1-14-49(15-2,16-3)45-37-31-36(44-48(12,13)39(4,5)6)34(24-19-23-33(41)26-27-38(42)43-8)35(37)25-20-29-40(7,46-47(9,10)11)30-28-32-21-17-18-22-32/h20,25,32-33,35,37H,14-18,21-22,24,26-31H2,1-13H3/b25-20+. The summed E-state index contributed by atoms with van der Waals surface area (Å²) in [4.78, 5) is 11.7. The van der Waals surface area contributed by atoms with Crippen LogP contribution in [0.15, 0.2) is 23.5 Å². The van der Waals surface area contributed by atoms with Crippen molar-refractivity contribution >= 4 is 42.5 Å². The lowest BCUT2D eigenvalue weighted by Crippen LogP contribution is -2.42. The first-order valence-corrected chi connectivity index (χ1v) is 28.7. The Hall–Kier alpha value is -0.829. The van der Waals surface area contributed by atoms with E-state index in [0.29, 0.717) is 12.8 Å². The molecule has 0 saturated heterocycles. The van der Waals surface area contributed by atoms with Gasteiger partial charge in [-0.3, -0.25) is 4.79 Å². The molecule has 0 spiro atoms. The minimum atomic E-state index is -2.12. The predicted molar refractivity (Wildman–Crippen MR) is 217 cm³/mol. The average molecular weight is 754 g/mol. The Morgan fingerprint density at radius 1 is 1.02 bits per heavy atom. The molecule has 9 heteroatoms. The van der Waals surface area contributed by atoms with Gasteiger partial charge in [0.1, 0.15) is 0 Å². The number of halogens is 1. The number of methoxy groups -OCH3 is 1. The van der Waals surface area contributed by atoms with Crippen LogP contribution in [-0.4, -0.2) is 55.1 Å².